The fraction of sp³-hybridized carbons (Fsp3) is 0.533. The van der Waals surface area contributed by atoms with Crippen molar-refractivity contribution in [1.82, 2.24) is 5.32 Å². The standard InChI is InChI=1S/C15H21N3O3S/c1-8-3-4-10-11(7-8)22-15(13(10)14(16)21)18-12(20)5-6-17-9(2)19/h8H,3-7H2,1-2H3,(H2,16,21)(H,17,19)(H,18,20)/t8-/m1/s1. The lowest BCUT2D eigenvalue weighted by molar-refractivity contribution is -0.119. The molecule has 0 bridgehead atoms. The summed E-state index contributed by atoms with van der Waals surface area (Å²) in [6, 6.07) is 0. The predicted molar refractivity (Wildman–Crippen MR) is 86.0 cm³/mol. The Morgan fingerprint density at radius 2 is 2.09 bits per heavy atom. The van der Waals surface area contributed by atoms with Crippen LogP contribution in [0.5, 0.6) is 0 Å². The van der Waals surface area contributed by atoms with E-state index in [2.05, 4.69) is 17.6 Å². The summed E-state index contributed by atoms with van der Waals surface area (Å²) < 4.78 is 0. The fourth-order valence-electron chi connectivity index (χ4n) is 2.64. The molecule has 0 saturated heterocycles. The summed E-state index contributed by atoms with van der Waals surface area (Å²) >= 11 is 1.44. The summed E-state index contributed by atoms with van der Waals surface area (Å²) in [6.07, 6.45) is 2.94. The van der Waals surface area contributed by atoms with E-state index in [0.29, 0.717) is 16.5 Å². The van der Waals surface area contributed by atoms with Crippen LogP contribution in [0.2, 0.25) is 0 Å². The third kappa shape index (κ3) is 3.85. The maximum absolute atomic E-state index is 11.9. The largest absolute Gasteiger partial charge is 0.365 e. The van der Waals surface area contributed by atoms with Gasteiger partial charge in [-0.25, -0.2) is 0 Å². The molecule has 1 heterocycles. The molecule has 0 fully saturated rings. The van der Waals surface area contributed by atoms with Gasteiger partial charge >= 0.3 is 0 Å². The van der Waals surface area contributed by atoms with E-state index < -0.39 is 5.91 Å². The number of hydrogen-bond donors (Lipinski definition) is 3. The zero-order valence-electron chi connectivity index (χ0n) is 12.8. The van der Waals surface area contributed by atoms with Gasteiger partial charge in [-0.2, -0.15) is 0 Å². The minimum Gasteiger partial charge on any atom is -0.365 e. The monoisotopic (exact) mass is 323 g/mol. The predicted octanol–water partition coefficient (Wildman–Crippen LogP) is 1.44. The normalized spacial score (nSPS) is 16.7. The Bertz CT molecular complexity index is 609. The van der Waals surface area contributed by atoms with Gasteiger partial charge in [0.1, 0.15) is 5.00 Å². The number of thiophene rings is 1. The zero-order chi connectivity index (χ0) is 16.3. The van der Waals surface area contributed by atoms with E-state index in [9.17, 15) is 14.4 Å². The first-order valence-corrected chi connectivity index (χ1v) is 8.18. The van der Waals surface area contributed by atoms with E-state index >= 15 is 0 Å². The molecule has 4 N–H and O–H groups in total. The molecule has 0 saturated carbocycles. The van der Waals surface area contributed by atoms with Gasteiger partial charge in [0.15, 0.2) is 0 Å². The first kappa shape index (κ1) is 16.5. The molecule has 120 valence electrons. The quantitative estimate of drug-likeness (QED) is 0.764. The van der Waals surface area contributed by atoms with Gasteiger partial charge < -0.3 is 16.4 Å². The number of primary amides is 1. The number of fused-ring (bicyclic) bond motifs is 1. The van der Waals surface area contributed by atoms with Crippen molar-refractivity contribution in [2.45, 2.75) is 39.5 Å². The van der Waals surface area contributed by atoms with Crippen molar-refractivity contribution in [1.29, 1.82) is 0 Å². The number of hydrogen-bond acceptors (Lipinski definition) is 4. The van der Waals surface area contributed by atoms with Gasteiger partial charge in [0.05, 0.1) is 5.56 Å². The van der Waals surface area contributed by atoms with Gasteiger partial charge in [-0.05, 0) is 30.7 Å². The maximum atomic E-state index is 11.9. The molecule has 3 amide bonds. The van der Waals surface area contributed by atoms with Crippen molar-refractivity contribution < 1.29 is 14.4 Å². The van der Waals surface area contributed by atoms with Gasteiger partial charge in [0.2, 0.25) is 11.8 Å². The highest BCUT2D eigenvalue weighted by molar-refractivity contribution is 7.17. The minimum absolute atomic E-state index is 0.163. The van der Waals surface area contributed by atoms with Gasteiger partial charge in [-0.15, -0.1) is 11.3 Å². The highest BCUT2D eigenvalue weighted by Crippen LogP contribution is 2.39. The highest BCUT2D eigenvalue weighted by atomic mass is 32.1. The topological polar surface area (TPSA) is 101 Å². The zero-order valence-corrected chi connectivity index (χ0v) is 13.6. The van der Waals surface area contributed by atoms with Crippen LogP contribution in [0.4, 0.5) is 5.00 Å². The molecule has 6 nitrogen and oxygen atoms in total. The lowest BCUT2D eigenvalue weighted by Crippen LogP contribution is -2.25. The molecule has 2 rings (SSSR count). The van der Waals surface area contributed by atoms with Crippen LogP contribution in [-0.2, 0) is 22.4 Å². The number of amides is 3. The molecule has 0 unspecified atom stereocenters. The van der Waals surface area contributed by atoms with Crippen LogP contribution in [0.3, 0.4) is 0 Å². The second-order valence-corrected chi connectivity index (χ2v) is 6.81. The second kappa shape index (κ2) is 6.91. The average Bonchev–Trinajstić information content (AvgIpc) is 2.74. The first-order valence-electron chi connectivity index (χ1n) is 7.37. The SMILES string of the molecule is CC(=O)NCCC(=O)Nc1sc2c(c1C(N)=O)CC[C@@H](C)C2. The van der Waals surface area contributed by atoms with Crippen LogP contribution in [0.15, 0.2) is 0 Å². The van der Waals surface area contributed by atoms with Crippen LogP contribution in [0, 0.1) is 5.92 Å². The average molecular weight is 323 g/mol. The van der Waals surface area contributed by atoms with E-state index in [1.807, 2.05) is 0 Å². The second-order valence-electron chi connectivity index (χ2n) is 5.70. The van der Waals surface area contributed by atoms with Gasteiger partial charge in [-0.3, -0.25) is 14.4 Å². The Morgan fingerprint density at radius 3 is 2.73 bits per heavy atom. The number of carbonyl (C=O) groups excluding carboxylic acids is 3. The van der Waals surface area contributed by atoms with Crippen LogP contribution >= 0.6 is 11.3 Å². The Morgan fingerprint density at radius 1 is 1.36 bits per heavy atom. The van der Waals surface area contributed by atoms with E-state index in [1.165, 1.54) is 18.3 Å². The molecule has 1 aromatic heterocycles. The summed E-state index contributed by atoms with van der Waals surface area (Å²) in [4.78, 5) is 35.6. The molecule has 1 atom stereocenters. The van der Waals surface area contributed by atoms with Crippen molar-refractivity contribution in [2.75, 3.05) is 11.9 Å². The Balaban J connectivity index is 2.12. The van der Waals surface area contributed by atoms with Gasteiger partial charge in [0, 0.05) is 24.8 Å². The smallest absolute Gasteiger partial charge is 0.251 e. The molecule has 1 aromatic rings. The Labute approximate surface area is 133 Å². The van der Waals surface area contributed by atoms with E-state index in [1.54, 1.807) is 0 Å². The Kier molecular flexibility index (Phi) is 5.18. The van der Waals surface area contributed by atoms with Crippen molar-refractivity contribution in [3.05, 3.63) is 16.0 Å². The molecular formula is C15H21N3O3S. The number of anilines is 1. The summed E-state index contributed by atoms with van der Waals surface area (Å²) in [5, 5.41) is 5.87. The summed E-state index contributed by atoms with van der Waals surface area (Å²) in [5.74, 6) is -0.325. The minimum atomic E-state index is -0.496. The molecular weight excluding hydrogens is 302 g/mol. The number of nitrogens with one attached hydrogen (secondary N) is 2. The summed E-state index contributed by atoms with van der Waals surface area (Å²) in [6.45, 7) is 3.85. The van der Waals surface area contributed by atoms with Crippen molar-refractivity contribution in [2.24, 2.45) is 11.7 Å². The van der Waals surface area contributed by atoms with Gasteiger partial charge in [0.25, 0.3) is 5.91 Å². The van der Waals surface area contributed by atoms with Crippen molar-refractivity contribution in [3.8, 4) is 0 Å². The number of rotatable bonds is 5. The van der Waals surface area contributed by atoms with Crippen LogP contribution in [0.25, 0.3) is 0 Å². The third-order valence-corrected chi connectivity index (χ3v) is 4.91. The maximum Gasteiger partial charge on any atom is 0.251 e. The molecule has 0 spiro atoms. The molecule has 1 aliphatic rings. The summed E-state index contributed by atoms with van der Waals surface area (Å²) in [7, 11) is 0. The van der Waals surface area contributed by atoms with Crippen LogP contribution in [0.1, 0.15) is 47.5 Å². The molecule has 7 heteroatoms. The molecule has 0 aromatic carbocycles. The molecule has 0 aliphatic heterocycles. The van der Waals surface area contributed by atoms with Crippen LogP contribution < -0.4 is 16.4 Å². The van der Waals surface area contributed by atoms with Crippen molar-refractivity contribution in [3.63, 3.8) is 0 Å². The van der Waals surface area contributed by atoms with E-state index in [-0.39, 0.29) is 24.8 Å². The lowest BCUT2D eigenvalue weighted by atomic mass is 9.88. The molecule has 1 aliphatic carbocycles. The van der Waals surface area contributed by atoms with Crippen LogP contribution in [-0.4, -0.2) is 24.3 Å². The first-order chi connectivity index (χ1) is 10.4. The van der Waals surface area contributed by atoms with E-state index in [0.717, 1.165) is 29.7 Å². The molecule has 22 heavy (non-hydrogen) atoms. The van der Waals surface area contributed by atoms with E-state index in [4.69, 9.17) is 5.73 Å². The summed E-state index contributed by atoms with van der Waals surface area (Å²) in [5.41, 5.74) is 6.94. The fourth-order valence-corrected chi connectivity index (χ4v) is 4.07. The number of carbonyl (C=O) groups is 3. The lowest BCUT2D eigenvalue weighted by Gasteiger charge is -2.18. The molecule has 0 radical (unpaired) electrons. The Hall–Kier alpha value is -1.89. The van der Waals surface area contributed by atoms with Gasteiger partial charge in [-0.1, -0.05) is 6.92 Å². The highest BCUT2D eigenvalue weighted by Gasteiger charge is 2.27. The third-order valence-electron chi connectivity index (χ3n) is 3.74. The number of nitrogens with two attached hydrogens (primary N) is 1. The van der Waals surface area contributed by atoms with Crippen molar-refractivity contribution >= 4 is 34.1 Å².